The summed E-state index contributed by atoms with van der Waals surface area (Å²) >= 11 is 1.24. The number of fused-ring (bicyclic) bond motifs is 1. The van der Waals surface area contributed by atoms with Gasteiger partial charge in [0.1, 0.15) is 5.52 Å². The number of thioether (sulfide) groups is 1. The van der Waals surface area contributed by atoms with E-state index in [0.717, 1.165) is 17.7 Å². The highest BCUT2D eigenvalue weighted by Crippen LogP contribution is 2.40. The zero-order valence-corrected chi connectivity index (χ0v) is 12.8. The maximum absolute atomic E-state index is 10.8. The van der Waals surface area contributed by atoms with Crippen LogP contribution in [0.4, 0.5) is 0 Å². The summed E-state index contributed by atoms with van der Waals surface area (Å²) in [4.78, 5) is 19.8. The molecule has 2 heterocycles. The van der Waals surface area contributed by atoms with Crippen molar-refractivity contribution in [1.82, 2.24) is 14.5 Å². The molecule has 2 unspecified atom stereocenters. The molecule has 3 rings (SSSR count). The lowest BCUT2D eigenvalue weighted by Gasteiger charge is -2.07. The van der Waals surface area contributed by atoms with Crippen LogP contribution in [-0.2, 0) is 11.3 Å². The molecule has 0 saturated heterocycles. The maximum atomic E-state index is 10.8. The minimum atomic E-state index is -0.844. The zero-order chi connectivity index (χ0) is 15.0. The minimum absolute atomic E-state index is 0.000672. The summed E-state index contributed by atoms with van der Waals surface area (Å²) in [7, 11) is 1.58. The molecule has 1 N–H and O–H groups in total. The monoisotopic (exact) mass is 307 g/mol. The van der Waals surface area contributed by atoms with E-state index in [1.54, 1.807) is 13.2 Å². The summed E-state index contributed by atoms with van der Waals surface area (Å²) in [6.07, 6.45) is 1.20. The Hall–Kier alpha value is -1.76. The van der Waals surface area contributed by atoms with Crippen molar-refractivity contribution in [2.24, 2.45) is 11.8 Å². The molecule has 2 aromatic rings. The van der Waals surface area contributed by atoms with Crippen LogP contribution in [0.15, 0.2) is 17.3 Å². The summed E-state index contributed by atoms with van der Waals surface area (Å²) in [6, 6.07) is 3.63. The fourth-order valence-corrected chi connectivity index (χ4v) is 3.10. The molecule has 2 aromatic heterocycles. The number of imidazole rings is 1. The van der Waals surface area contributed by atoms with Crippen molar-refractivity contribution in [3.05, 3.63) is 12.1 Å². The van der Waals surface area contributed by atoms with Gasteiger partial charge in [0.25, 0.3) is 0 Å². The largest absolute Gasteiger partial charge is 0.481 e. The van der Waals surface area contributed by atoms with Gasteiger partial charge in [-0.15, -0.1) is 0 Å². The highest BCUT2D eigenvalue weighted by atomic mass is 32.2. The van der Waals surface area contributed by atoms with Crippen molar-refractivity contribution < 1.29 is 14.6 Å². The van der Waals surface area contributed by atoms with Crippen LogP contribution in [0.5, 0.6) is 5.88 Å². The summed E-state index contributed by atoms with van der Waals surface area (Å²) < 4.78 is 7.20. The van der Waals surface area contributed by atoms with E-state index < -0.39 is 5.97 Å². The highest BCUT2D eigenvalue weighted by molar-refractivity contribution is 7.99. The molecular formula is C14H17N3O3S. The molecule has 1 aliphatic carbocycles. The summed E-state index contributed by atoms with van der Waals surface area (Å²) in [6.45, 7) is 3.06. The van der Waals surface area contributed by atoms with Crippen LogP contribution < -0.4 is 4.74 Å². The Balaban J connectivity index is 1.98. The van der Waals surface area contributed by atoms with Crippen LogP contribution in [-0.4, -0.2) is 38.5 Å². The van der Waals surface area contributed by atoms with Crippen molar-refractivity contribution in [3.8, 4) is 5.88 Å². The van der Waals surface area contributed by atoms with E-state index in [1.807, 2.05) is 10.6 Å². The van der Waals surface area contributed by atoms with E-state index in [4.69, 9.17) is 9.84 Å². The second-order valence-corrected chi connectivity index (χ2v) is 6.30. The maximum Gasteiger partial charge on any atom is 0.313 e. The first-order valence-electron chi connectivity index (χ1n) is 6.84. The molecule has 0 bridgehead atoms. The molecule has 1 fully saturated rings. The third kappa shape index (κ3) is 2.97. The number of carbonyl (C=O) groups is 1. The average Bonchev–Trinajstić information content (AvgIpc) is 3.05. The standard InChI is InChI=1S/C14H17N3O3S/c1-8-5-9(8)6-17-13-10(3-4-11(16-13)20-2)15-14(17)21-7-12(18)19/h3-4,8-9H,5-7H2,1-2H3,(H,18,19). The van der Waals surface area contributed by atoms with Crippen LogP contribution in [0.1, 0.15) is 13.3 Å². The molecule has 21 heavy (non-hydrogen) atoms. The molecule has 1 aliphatic rings. The molecule has 0 radical (unpaired) electrons. The van der Waals surface area contributed by atoms with E-state index in [9.17, 15) is 4.79 Å². The van der Waals surface area contributed by atoms with Gasteiger partial charge in [0.15, 0.2) is 10.8 Å². The molecule has 0 spiro atoms. The molecule has 6 nitrogen and oxygen atoms in total. The topological polar surface area (TPSA) is 77.2 Å². The SMILES string of the molecule is COc1ccc2nc(SCC(=O)O)n(CC3CC3C)c2n1. The lowest BCUT2D eigenvalue weighted by molar-refractivity contribution is -0.133. The molecule has 1 saturated carbocycles. The first-order valence-corrected chi connectivity index (χ1v) is 7.83. The van der Waals surface area contributed by atoms with Crippen LogP contribution in [0.3, 0.4) is 0 Å². The van der Waals surface area contributed by atoms with Crippen molar-refractivity contribution >= 4 is 28.9 Å². The second kappa shape index (κ2) is 5.55. The van der Waals surface area contributed by atoms with Crippen LogP contribution >= 0.6 is 11.8 Å². The van der Waals surface area contributed by atoms with E-state index in [2.05, 4.69) is 16.9 Å². The van der Waals surface area contributed by atoms with Gasteiger partial charge < -0.3 is 14.4 Å². The molecule has 0 aliphatic heterocycles. The number of hydrogen-bond donors (Lipinski definition) is 1. The smallest absolute Gasteiger partial charge is 0.313 e. The molecule has 7 heteroatoms. The molecule has 0 amide bonds. The lowest BCUT2D eigenvalue weighted by atomic mass is 10.3. The molecule has 2 atom stereocenters. The van der Waals surface area contributed by atoms with Gasteiger partial charge in [-0.3, -0.25) is 4.79 Å². The first-order chi connectivity index (χ1) is 10.1. The number of carboxylic acids is 1. The number of carboxylic acid groups (broad SMARTS) is 1. The third-order valence-electron chi connectivity index (χ3n) is 3.76. The average molecular weight is 307 g/mol. The Labute approximate surface area is 126 Å². The molecule has 0 aromatic carbocycles. The van der Waals surface area contributed by atoms with Gasteiger partial charge in [0.2, 0.25) is 5.88 Å². The number of aromatic nitrogens is 3. The van der Waals surface area contributed by atoms with Gasteiger partial charge in [-0.25, -0.2) is 4.98 Å². The Morgan fingerprint density at radius 3 is 2.90 bits per heavy atom. The van der Waals surface area contributed by atoms with Crippen LogP contribution in [0.25, 0.3) is 11.2 Å². The van der Waals surface area contributed by atoms with Gasteiger partial charge in [-0.1, -0.05) is 18.7 Å². The van der Waals surface area contributed by atoms with Crippen molar-refractivity contribution in [1.29, 1.82) is 0 Å². The van der Waals surface area contributed by atoms with Gasteiger partial charge in [-0.05, 0) is 24.3 Å². The number of ether oxygens (including phenoxy) is 1. The van der Waals surface area contributed by atoms with E-state index >= 15 is 0 Å². The summed E-state index contributed by atoms with van der Waals surface area (Å²) in [5.41, 5.74) is 1.54. The number of nitrogens with zero attached hydrogens (tertiary/aromatic N) is 3. The first kappa shape index (κ1) is 14.2. The van der Waals surface area contributed by atoms with Crippen LogP contribution in [0, 0.1) is 11.8 Å². The number of pyridine rings is 1. The minimum Gasteiger partial charge on any atom is -0.481 e. The second-order valence-electron chi connectivity index (χ2n) is 5.36. The van der Waals surface area contributed by atoms with Gasteiger partial charge in [-0.2, -0.15) is 4.98 Å². The number of rotatable bonds is 6. The Bertz CT molecular complexity index is 685. The van der Waals surface area contributed by atoms with Gasteiger partial charge in [0, 0.05) is 12.6 Å². The van der Waals surface area contributed by atoms with E-state index in [1.165, 1.54) is 18.2 Å². The van der Waals surface area contributed by atoms with Crippen molar-refractivity contribution in [2.45, 2.75) is 25.0 Å². The number of aliphatic carboxylic acids is 1. The number of hydrogen-bond acceptors (Lipinski definition) is 5. The van der Waals surface area contributed by atoms with E-state index in [0.29, 0.717) is 22.9 Å². The summed E-state index contributed by atoms with van der Waals surface area (Å²) in [5.74, 6) is 1.04. The van der Waals surface area contributed by atoms with Crippen molar-refractivity contribution in [2.75, 3.05) is 12.9 Å². The number of methoxy groups -OCH3 is 1. The van der Waals surface area contributed by atoms with Gasteiger partial charge in [0.05, 0.1) is 12.9 Å². The predicted octanol–water partition coefficient (Wildman–Crippen LogP) is 2.27. The predicted molar refractivity (Wildman–Crippen MR) is 79.7 cm³/mol. The Morgan fingerprint density at radius 2 is 2.29 bits per heavy atom. The fourth-order valence-electron chi connectivity index (χ4n) is 2.37. The highest BCUT2D eigenvalue weighted by Gasteiger charge is 2.34. The Kier molecular flexibility index (Phi) is 3.75. The normalized spacial score (nSPS) is 20.7. The lowest BCUT2D eigenvalue weighted by Crippen LogP contribution is -2.06. The van der Waals surface area contributed by atoms with Crippen molar-refractivity contribution in [3.63, 3.8) is 0 Å². The Morgan fingerprint density at radius 1 is 1.52 bits per heavy atom. The third-order valence-corrected chi connectivity index (χ3v) is 4.72. The van der Waals surface area contributed by atoms with Gasteiger partial charge >= 0.3 is 5.97 Å². The van der Waals surface area contributed by atoms with Crippen LogP contribution in [0.2, 0.25) is 0 Å². The molecule has 112 valence electrons. The fraction of sp³-hybridized carbons (Fsp3) is 0.500. The zero-order valence-electron chi connectivity index (χ0n) is 11.9. The summed E-state index contributed by atoms with van der Waals surface area (Å²) in [5, 5.41) is 9.58. The molecular weight excluding hydrogens is 290 g/mol. The quantitative estimate of drug-likeness (QED) is 0.825. The van der Waals surface area contributed by atoms with E-state index in [-0.39, 0.29) is 5.75 Å².